The number of carbonyl (C=O) groups is 1. The van der Waals surface area contributed by atoms with Crippen LogP contribution < -0.4 is 10.1 Å². The standard InChI is InChI=1S/C20H31N3O4S/c1-3-22-12-10-17(11-13-22)21-20(24)16-8-14-23(15-9-16)28(25,26)19-6-4-18(27-2)5-7-19/h4-7,16-17H,3,8-15H2,1-2H3,(H,21,24). The molecule has 2 aliphatic rings. The fourth-order valence-corrected chi connectivity index (χ4v) is 5.44. The van der Waals surface area contributed by atoms with Gasteiger partial charge >= 0.3 is 0 Å². The van der Waals surface area contributed by atoms with Crippen LogP contribution in [0.4, 0.5) is 0 Å². The third-order valence-corrected chi connectivity index (χ3v) is 7.82. The van der Waals surface area contributed by atoms with Gasteiger partial charge in [-0.1, -0.05) is 6.92 Å². The fraction of sp³-hybridized carbons (Fsp3) is 0.650. The molecule has 0 unspecified atom stereocenters. The second-order valence-corrected chi connectivity index (χ2v) is 9.51. The van der Waals surface area contributed by atoms with E-state index in [0.717, 1.165) is 32.5 Å². The van der Waals surface area contributed by atoms with Gasteiger partial charge in [0.25, 0.3) is 0 Å². The summed E-state index contributed by atoms with van der Waals surface area (Å²) >= 11 is 0. The predicted molar refractivity (Wildman–Crippen MR) is 108 cm³/mol. The smallest absolute Gasteiger partial charge is 0.243 e. The highest BCUT2D eigenvalue weighted by Crippen LogP contribution is 2.25. The summed E-state index contributed by atoms with van der Waals surface area (Å²) < 4.78 is 32.2. The molecule has 7 nitrogen and oxygen atoms in total. The van der Waals surface area contributed by atoms with Crippen LogP contribution in [0.1, 0.15) is 32.6 Å². The maximum absolute atomic E-state index is 12.8. The molecular formula is C20H31N3O4S. The Bertz CT molecular complexity index is 750. The molecule has 3 rings (SSSR count). The second kappa shape index (κ2) is 9.24. The molecule has 1 amide bonds. The first-order valence-corrected chi connectivity index (χ1v) is 11.5. The number of methoxy groups -OCH3 is 1. The minimum Gasteiger partial charge on any atom is -0.497 e. The van der Waals surface area contributed by atoms with Gasteiger partial charge in [-0.25, -0.2) is 8.42 Å². The van der Waals surface area contributed by atoms with Gasteiger partial charge in [0.2, 0.25) is 15.9 Å². The topological polar surface area (TPSA) is 79.0 Å². The lowest BCUT2D eigenvalue weighted by molar-refractivity contribution is -0.127. The van der Waals surface area contributed by atoms with Crippen LogP contribution in [0.25, 0.3) is 0 Å². The number of piperidine rings is 2. The molecule has 1 N–H and O–H groups in total. The maximum atomic E-state index is 12.8. The van der Waals surface area contributed by atoms with Crippen molar-refractivity contribution in [1.29, 1.82) is 0 Å². The number of likely N-dealkylation sites (tertiary alicyclic amines) is 1. The minimum absolute atomic E-state index is 0.0800. The Hall–Kier alpha value is -1.64. The van der Waals surface area contributed by atoms with Gasteiger partial charge in [-0.3, -0.25) is 4.79 Å². The third kappa shape index (κ3) is 4.85. The maximum Gasteiger partial charge on any atom is 0.243 e. The lowest BCUT2D eigenvalue weighted by atomic mass is 9.96. The second-order valence-electron chi connectivity index (χ2n) is 7.57. The van der Waals surface area contributed by atoms with E-state index in [1.165, 1.54) is 4.31 Å². The Labute approximate surface area is 168 Å². The number of rotatable bonds is 6. The van der Waals surface area contributed by atoms with Crippen LogP contribution in [-0.4, -0.2) is 69.4 Å². The molecular weight excluding hydrogens is 378 g/mol. The fourth-order valence-electron chi connectivity index (χ4n) is 3.97. The molecule has 8 heteroatoms. The summed E-state index contributed by atoms with van der Waals surface area (Å²) in [5.41, 5.74) is 0. The van der Waals surface area contributed by atoms with E-state index in [-0.39, 0.29) is 22.8 Å². The summed E-state index contributed by atoms with van der Waals surface area (Å²) in [6.45, 7) is 6.02. The Morgan fingerprint density at radius 3 is 2.21 bits per heavy atom. The van der Waals surface area contributed by atoms with Crippen molar-refractivity contribution in [2.45, 2.75) is 43.5 Å². The summed E-state index contributed by atoms with van der Waals surface area (Å²) in [6.07, 6.45) is 3.11. The van der Waals surface area contributed by atoms with E-state index in [0.29, 0.717) is 31.7 Å². The van der Waals surface area contributed by atoms with Crippen LogP contribution in [0, 0.1) is 5.92 Å². The molecule has 0 saturated carbocycles. The molecule has 0 spiro atoms. The summed E-state index contributed by atoms with van der Waals surface area (Å²) in [5.74, 6) is 0.599. The largest absolute Gasteiger partial charge is 0.497 e. The summed E-state index contributed by atoms with van der Waals surface area (Å²) in [6, 6.07) is 6.68. The molecule has 0 radical (unpaired) electrons. The van der Waals surface area contributed by atoms with E-state index in [1.807, 2.05) is 0 Å². The normalized spacial score (nSPS) is 20.8. The van der Waals surface area contributed by atoms with E-state index in [2.05, 4.69) is 17.1 Å². The van der Waals surface area contributed by atoms with Crippen molar-refractivity contribution in [2.75, 3.05) is 39.8 Å². The van der Waals surface area contributed by atoms with Gasteiger partial charge in [-0.15, -0.1) is 0 Å². The molecule has 1 aromatic carbocycles. The molecule has 156 valence electrons. The molecule has 0 aliphatic carbocycles. The molecule has 2 fully saturated rings. The number of hydrogen-bond donors (Lipinski definition) is 1. The highest BCUT2D eigenvalue weighted by Gasteiger charge is 2.33. The van der Waals surface area contributed by atoms with Crippen LogP contribution in [-0.2, 0) is 14.8 Å². The lowest BCUT2D eigenvalue weighted by Crippen LogP contribution is -2.48. The molecule has 28 heavy (non-hydrogen) atoms. The van der Waals surface area contributed by atoms with Crippen LogP contribution in [0.2, 0.25) is 0 Å². The van der Waals surface area contributed by atoms with Crippen molar-refractivity contribution in [1.82, 2.24) is 14.5 Å². The SMILES string of the molecule is CCN1CCC(NC(=O)C2CCN(S(=O)(=O)c3ccc(OC)cc3)CC2)CC1. The highest BCUT2D eigenvalue weighted by molar-refractivity contribution is 7.89. The van der Waals surface area contributed by atoms with E-state index in [9.17, 15) is 13.2 Å². The third-order valence-electron chi connectivity index (χ3n) is 5.90. The Morgan fingerprint density at radius 2 is 1.68 bits per heavy atom. The van der Waals surface area contributed by atoms with E-state index in [1.54, 1.807) is 31.4 Å². The van der Waals surface area contributed by atoms with Crippen LogP contribution in [0.3, 0.4) is 0 Å². The van der Waals surface area contributed by atoms with Gasteiger partial charge in [-0.05, 0) is 56.5 Å². The number of hydrogen-bond acceptors (Lipinski definition) is 5. The highest BCUT2D eigenvalue weighted by atomic mass is 32.2. The van der Waals surface area contributed by atoms with Crippen LogP contribution >= 0.6 is 0 Å². The van der Waals surface area contributed by atoms with Crippen molar-refractivity contribution in [3.05, 3.63) is 24.3 Å². The van der Waals surface area contributed by atoms with Gasteiger partial charge < -0.3 is 15.0 Å². The number of benzene rings is 1. The van der Waals surface area contributed by atoms with Crippen molar-refractivity contribution >= 4 is 15.9 Å². The number of amides is 1. The average Bonchev–Trinajstić information content (AvgIpc) is 2.74. The number of nitrogens with zero attached hydrogens (tertiary/aromatic N) is 2. The molecule has 2 heterocycles. The molecule has 0 aromatic heterocycles. The van der Waals surface area contributed by atoms with Crippen molar-refractivity contribution < 1.29 is 17.9 Å². The van der Waals surface area contributed by atoms with E-state index >= 15 is 0 Å². The zero-order chi connectivity index (χ0) is 20.1. The van der Waals surface area contributed by atoms with Crippen LogP contribution in [0.5, 0.6) is 5.75 Å². The first-order valence-electron chi connectivity index (χ1n) is 10.1. The zero-order valence-corrected chi connectivity index (χ0v) is 17.6. The summed E-state index contributed by atoms with van der Waals surface area (Å²) in [7, 11) is -1.98. The van der Waals surface area contributed by atoms with Gasteiger partial charge in [-0.2, -0.15) is 4.31 Å². The summed E-state index contributed by atoms with van der Waals surface area (Å²) in [4.78, 5) is 15.3. The Morgan fingerprint density at radius 1 is 1.07 bits per heavy atom. The molecule has 1 aromatic rings. The number of carbonyl (C=O) groups excluding carboxylic acids is 1. The van der Waals surface area contributed by atoms with Crippen LogP contribution in [0.15, 0.2) is 29.2 Å². The number of nitrogens with one attached hydrogen (secondary N) is 1. The number of ether oxygens (including phenoxy) is 1. The quantitative estimate of drug-likeness (QED) is 0.774. The van der Waals surface area contributed by atoms with Crippen molar-refractivity contribution in [3.8, 4) is 5.75 Å². The monoisotopic (exact) mass is 409 g/mol. The molecule has 2 saturated heterocycles. The molecule has 0 atom stereocenters. The van der Waals surface area contributed by atoms with Gasteiger partial charge in [0.15, 0.2) is 0 Å². The van der Waals surface area contributed by atoms with Crippen molar-refractivity contribution in [2.24, 2.45) is 5.92 Å². The first kappa shape index (κ1) is 21.1. The van der Waals surface area contributed by atoms with Gasteiger partial charge in [0.05, 0.1) is 12.0 Å². The molecule has 2 aliphatic heterocycles. The first-order chi connectivity index (χ1) is 13.4. The predicted octanol–water partition coefficient (Wildman–Crippen LogP) is 1.70. The average molecular weight is 410 g/mol. The zero-order valence-electron chi connectivity index (χ0n) is 16.8. The van der Waals surface area contributed by atoms with Crippen molar-refractivity contribution in [3.63, 3.8) is 0 Å². The van der Waals surface area contributed by atoms with E-state index in [4.69, 9.17) is 4.74 Å². The van der Waals surface area contributed by atoms with Gasteiger partial charge in [0, 0.05) is 38.1 Å². The lowest BCUT2D eigenvalue weighted by Gasteiger charge is -2.34. The molecule has 0 bridgehead atoms. The van der Waals surface area contributed by atoms with Gasteiger partial charge in [0.1, 0.15) is 5.75 Å². The number of sulfonamides is 1. The Balaban J connectivity index is 1.51. The summed E-state index contributed by atoms with van der Waals surface area (Å²) in [5, 5.41) is 3.18. The minimum atomic E-state index is -3.53. The van der Waals surface area contributed by atoms with E-state index < -0.39 is 10.0 Å². The Kier molecular flexibility index (Phi) is 6.95.